The average molecular weight is 363 g/mol. The van der Waals surface area contributed by atoms with Crippen LogP contribution in [0.25, 0.3) is 0 Å². The molecule has 0 saturated carbocycles. The van der Waals surface area contributed by atoms with E-state index in [-0.39, 0.29) is 24.2 Å². The number of hydrogen-bond acceptors (Lipinski definition) is 3. The van der Waals surface area contributed by atoms with Gasteiger partial charge in [0.05, 0.1) is 5.92 Å². The third-order valence-corrected chi connectivity index (χ3v) is 5.40. The number of carbonyl (C=O) groups is 2. The van der Waals surface area contributed by atoms with Gasteiger partial charge in [0.2, 0.25) is 11.8 Å². The molecule has 0 radical (unpaired) electrons. The summed E-state index contributed by atoms with van der Waals surface area (Å²) in [5, 5.41) is 3.01. The van der Waals surface area contributed by atoms with Crippen molar-refractivity contribution >= 4 is 28.9 Å². The fourth-order valence-corrected chi connectivity index (χ4v) is 3.92. The van der Waals surface area contributed by atoms with Crippen molar-refractivity contribution in [2.45, 2.75) is 25.7 Å². The first-order valence-corrected chi connectivity index (χ1v) is 9.72. The lowest BCUT2D eigenvalue weighted by atomic mass is 10.1. The van der Waals surface area contributed by atoms with Crippen molar-refractivity contribution < 1.29 is 9.59 Å². The number of amides is 2. The molecule has 5 heteroatoms. The first kappa shape index (κ1) is 17.6. The van der Waals surface area contributed by atoms with Crippen LogP contribution in [0.1, 0.15) is 25.7 Å². The van der Waals surface area contributed by atoms with E-state index >= 15 is 0 Å². The van der Waals surface area contributed by atoms with E-state index in [4.69, 9.17) is 0 Å². The molecule has 2 aliphatic heterocycles. The summed E-state index contributed by atoms with van der Waals surface area (Å²) in [6, 6.07) is 17.6. The van der Waals surface area contributed by atoms with Crippen molar-refractivity contribution in [2.75, 3.05) is 34.8 Å². The normalized spacial score (nSPS) is 20.0. The Hall–Kier alpha value is -2.82. The van der Waals surface area contributed by atoms with Gasteiger partial charge in [-0.25, -0.2) is 0 Å². The molecule has 4 rings (SSSR count). The van der Waals surface area contributed by atoms with Crippen LogP contribution in [-0.4, -0.2) is 31.4 Å². The lowest BCUT2D eigenvalue weighted by molar-refractivity contribution is -0.122. The monoisotopic (exact) mass is 363 g/mol. The smallest absolute Gasteiger partial charge is 0.229 e. The minimum absolute atomic E-state index is 0.00316. The number of nitrogens with zero attached hydrogens (tertiary/aromatic N) is 2. The van der Waals surface area contributed by atoms with Gasteiger partial charge in [0.25, 0.3) is 0 Å². The van der Waals surface area contributed by atoms with Gasteiger partial charge in [0.1, 0.15) is 0 Å². The van der Waals surface area contributed by atoms with Gasteiger partial charge < -0.3 is 15.1 Å². The fraction of sp³-hybridized carbons (Fsp3) is 0.364. The van der Waals surface area contributed by atoms with Gasteiger partial charge in [0, 0.05) is 43.1 Å². The predicted octanol–water partition coefficient (Wildman–Crippen LogP) is 3.67. The second-order valence-electron chi connectivity index (χ2n) is 7.33. The maximum atomic E-state index is 12.7. The van der Waals surface area contributed by atoms with E-state index in [9.17, 15) is 9.59 Å². The molecule has 2 amide bonds. The van der Waals surface area contributed by atoms with Gasteiger partial charge in [-0.3, -0.25) is 9.59 Å². The maximum Gasteiger partial charge on any atom is 0.229 e. The number of para-hydroxylation sites is 1. The minimum atomic E-state index is -0.323. The van der Waals surface area contributed by atoms with Crippen LogP contribution >= 0.6 is 0 Å². The summed E-state index contributed by atoms with van der Waals surface area (Å²) in [4.78, 5) is 29.1. The van der Waals surface area contributed by atoms with Crippen molar-refractivity contribution in [3.63, 3.8) is 0 Å². The molecule has 0 aliphatic carbocycles. The van der Waals surface area contributed by atoms with E-state index in [1.807, 2.05) is 48.5 Å². The van der Waals surface area contributed by atoms with Gasteiger partial charge in [-0.05, 0) is 49.6 Å². The minimum Gasteiger partial charge on any atom is -0.371 e. The average Bonchev–Trinajstić information content (AvgIpc) is 3.11. The quantitative estimate of drug-likeness (QED) is 0.902. The maximum absolute atomic E-state index is 12.7. The van der Waals surface area contributed by atoms with Crippen LogP contribution in [-0.2, 0) is 9.59 Å². The van der Waals surface area contributed by atoms with Crippen molar-refractivity contribution in [1.29, 1.82) is 0 Å². The summed E-state index contributed by atoms with van der Waals surface area (Å²) in [5.41, 5.74) is 2.81. The molecule has 2 aromatic rings. The SMILES string of the molecule is O=C(Nc1cccc(N2CCCCC2)c1)C1CC(=O)N(c2ccccc2)C1. The molecular weight excluding hydrogens is 338 g/mol. The van der Waals surface area contributed by atoms with Crippen LogP contribution in [0.3, 0.4) is 0 Å². The summed E-state index contributed by atoms with van der Waals surface area (Å²) >= 11 is 0. The number of piperidine rings is 1. The predicted molar refractivity (Wildman–Crippen MR) is 108 cm³/mol. The fourth-order valence-electron chi connectivity index (χ4n) is 3.92. The zero-order valence-electron chi connectivity index (χ0n) is 15.4. The van der Waals surface area contributed by atoms with Gasteiger partial charge in [-0.15, -0.1) is 0 Å². The Morgan fingerprint density at radius 2 is 1.67 bits per heavy atom. The molecule has 1 N–H and O–H groups in total. The second-order valence-corrected chi connectivity index (χ2v) is 7.33. The van der Waals surface area contributed by atoms with Gasteiger partial charge in [-0.1, -0.05) is 24.3 Å². The number of rotatable bonds is 4. The highest BCUT2D eigenvalue weighted by Crippen LogP contribution is 2.27. The highest BCUT2D eigenvalue weighted by Gasteiger charge is 2.35. The zero-order chi connectivity index (χ0) is 18.6. The molecule has 5 nitrogen and oxygen atoms in total. The first-order chi connectivity index (χ1) is 13.2. The van der Waals surface area contributed by atoms with E-state index in [0.29, 0.717) is 6.54 Å². The Kier molecular flexibility index (Phi) is 5.10. The highest BCUT2D eigenvalue weighted by molar-refractivity contribution is 6.03. The summed E-state index contributed by atoms with van der Waals surface area (Å²) in [6.45, 7) is 2.57. The van der Waals surface area contributed by atoms with Crippen molar-refractivity contribution in [1.82, 2.24) is 0 Å². The number of carbonyl (C=O) groups excluding carboxylic acids is 2. The van der Waals surface area contributed by atoms with Crippen LogP contribution in [0.5, 0.6) is 0 Å². The summed E-state index contributed by atoms with van der Waals surface area (Å²) in [7, 11) is 0. The Morgan fingerprint density at radius 3 is 2.44 bits per heavy atom. The van der Waals surface area contributed by atoms with Crippen LogP contribution in [0.2, 0.25) is 0 Å². The van der Waals surface area contributed by atoms with Crippen LogP contribution < -0.4 is 15.1 Å². The van der Waals surface area contributed by atoms with E-state index < -0.39 is 0 Å². The number of benzene rings is 2. The molecule has 2 heterocycles. The Balaban J connectivity index is 1.41. The summed E-state index contributed by atoms with van der Waals surface area (Å²) < 4.78 is 0. The second kappa shape index (κ2) is 7.82. The summed E-state index contributed by atoms with van der Waals surface area (Å²) in [5.74, 6) is -0.405. The topological polar surface area (TPSA) is 52.7 Å². The molecule has 2 aromatic carbocycles. The molecule has 1 unspecified atom stereocenters. The number of nitrogens with one attached hydrogen (secondary N) is 1. The van der Waals surface area contributed by atoms with Gasteiger partial charge >= 0.3 is 0 Å². The van der Waals surface area contributed by atoms with Crippen LogP contribution in [0.4, 0.5) is 17.1 Å². The first-order valence-electron chi connectivity index (χ1n) is 9.72. The Morgan fingerprint density at radius 1 is 0.926 bits per heavy atom. The molecule has 2 saturated heterocycles. The van der Waals surface area contributed by atoms with E-state index in [2.05, 4.69) is 16.3 Å². The third-order valence-electron chi connectivity index (χ3n) is 5.40. The molecule has 0 spiro atoms. The van der Waals surface area contributed by atoms with Crippen molar-refractivity contribution in [3.8, 4) is 0 Å². The van der Waals surface area contributed by atoms with E-state index in [1.54, 1.807) is 4.90 Å². The number of hydrogen-bond donors (Lipinski definition) is 1. The van der Waals surface area contributed by atoms with Crippen molar-refractivity contribution in [2.24, 2.45) is 5.92 Å². The Labute approximate surface area is 160 Å². The lowest BCUT2D eigenvalue weighted by Crippen LogP contribution is -2.30. The molecular formula is C22H25N3O2. The highest BCUT2D eigenvalue weighted by atomic mass is 16.2. The van der Waals surface area contributed by atoms with Gasteiger partial charge in [-0.2, -0.15) is 0 Å². The molecule has 27 heavy (non-hydrogen) atoms. The van der Waals surface area contributed by atoms with E-state index in [0.717, 1.165) is 30.2 Å². The zero-order valence-corrected chi connectivity index (χ0v) is 15.4. The van der Waals surface area contributed by atoms with Crippen LogP contribution in [0, 0.1) is 5.92 Å². The standard InChI is InChI=1S/C22H25N3O2/c26-21-14-17(16-25(21)19-9-3-1-4-10-19)22(27)23-18-8-7-11-20(15-18)24-12-5-2-6-13-24/h1,3-4,7-11,15,17H,2,5-6,12-14,16H2,(H,23,27). The molecule has 2 fully saturated rings. The van der Waals surface area contributed by atoms with Crippen molar-refractivity contribution in [3.05, 3.63) is 54.6 Å². The molecule has 0 aromatic heterocycles. The molecule has 0 bridgehead atoms. The molecule has 140 valence electrons. The Bertz CT molecular complexity index is 815. The van der Waals surface area contributed by atoms with Crippen LogP contribution in [0.15, 0.2) is 54.6 Å². The molecule has 1 atom stereocenters. The number of anilines is 3. The summed E-state index contributed by atoms with van der Waals surface area (Å²) in [6.07, 6.45) is 3.99. The lowest BCUT2D eigenvalue weighted by Gasteiger charge is -2.29. The third kappa shape index (κ3) is 3.97. The molecule has 2 aliphatic rings. The van der Waals surface area contributed by atoms with E-state index in [1.165, 1.54) is 19.3 Å². The largest absolute Gasteiger partial charge is 0.371 e. The van der Waals surface area contributed by atoms with Gasteiger partial charge in [0.15, 0.2) is 0 Å².